The maximum Gasteiger partial charge on any atom is 0.327 e. The first-order chi connectivity index (χ1) is 11.9. The largest absolute Gasteiger partial charge is 0.468 e. The number of methoxy groups -OCH3 is 1. The summed E-state index contributed by atoms with van der Waals surface area (Å²) in [6.45, 7) is 3.98. The second kappa shape index (κ2) is 8.44. The van der Waals surface area contributed by atoms with Crippen molar-refractivity contribution in [2.45, 2.75) is 19.9 Å². The van der Waals surface area contributed by atoms with Gasteiger partial charge in [-0.1, -0.05) is 48.5 Å². The summed E-state index contributed by atoms with van der Waals surface area (Å²) in [5.74, 6) is -0.571. The van der Waals surface area contributed by atoms with Gasteiger partial charge < -0.3 is 10.1 Å². The lowest BCUT2D eigenvalue weighted by atomic mass is 10.1. The smallest absolute Gasteiger partial charge is 0.327 e. The highest BCUT2D eigenvalue weighted by Crippen LogP contribution is 2.22. The fourth-order valence-corrected chi connectivity index (χ4v) is 2.83. The van der Waals surface area contributed by atoms with E-state index in [0.717, 1.165) is 22.4 Å². The number of aryl methyl sites for hydroxylation is 2. The second-order valence-electron chi connectivity index (χ2n) is 6.07. The Hall–Kier alpha value is -2.66. The van der Waals surface area contributed by atoms with Gasteiger partial charge in [-0.3, -0.25) is 9.69 Å². The maximum absolute atomic E-state index is 12.5. The number of carbonyl (C=O) groups is 2. The highest BCUT2D eigenvalue weighted by Gasteiger charge is 2.27. The average Bonchev–Trinajstić information content (AvgIpc) is 2.59. The van der Waals surface area contributed by atoms with Gasteiger partial charge in [0.15, 0.2) is 0 Å². The van der Waals surface area contributed by atoms with Crippen molar-refractivity contribution in [1.29, 1.82) is 0 Å². The monoisotopic (exact) mass is 340 g/mol. The van der Waals surface area contributed by atoms with Crippen LogP contribution in [0.25, 0.3) is 0 Å². The number of amides is 1. The number of hydrogen-bond acceptors (Lipinski definition) is 4. The standard InChI is InChI=1S/C20H24N2O3/c1-14-9-8-10-15(2)18(14)21-17(23)13-22(3)19(20(24)25-4)16-11-6-5-7-12-16/h5-12,19H,13H2,1-4H3,(H,21,23)/t19-/m0/s1. The molecule has 1 atom stereocenters. The molecule has 1 amide bonds. The topological polar surface area (TPSA) is 58.6 Å². The van der Waals surface area contributed by atoms with E-state index in [-0.39, 0.29) is 12.5 Å². The summed E-state index contributed by atoms with van der Waals surface area (Å²) in [6, 6.07) is 14.5. The van der Waals surface area contributed by atoms with E-state index in [0.29, 0.717) is 0 Å². The van der Waals surface area contributed by atoms with Crippen LogP contribution in [-0.2, 0) is 14.3 Å². The lowest BCUT2D eigenvalue weighted by Crippen LogP contribution is -2.37. The molecule has 0 heterocycles. The molecule has 2 aromatic rings. The van der Waals surface area contributed by atoms with Gasteiger partial charge in [0.1, 0.15) is 6.04 Å². The number of hydrogen-bond donors (Lipinski definition) is 1. The van der Waals surface area contributed by atoms with Crippen LogP contribution >= 0.6 is 0 Å². The average molecular weight is 340 g/mol. The van der Waals surface area contributed by atoms with E-state index < -0.39 is 12.0 Å². The Balaban J connectivity index is 2.14. The number of anilines is 1. The Bertz CT molecular complexity index is 724. The zero-order valence-corrected chi connectivity index (χ0v) is 15.1. The van der Waals surface area contributed by atoms with E-state index >= 15 is 0 Å². The number of nitrogens with zero attached hydrogens (tertiary/aromatic N) is 1. The van der Waals surface area contributed by atoms with Gasteiger partial charge in [-0.2, -0.15) is 0 Å². The van der Waals surface area contributed by atoms with Crippen LogP contribution < -0.4 is 5.32 Å². The third-order valence-electron chi connectivity index (χ3n) is 4.12. The zero-order chi connectivity index (χ0) is 18.4. The summed E-state index contributed by atoms with van der Waals surface area (Å²) >= 11 is 0. The van der Waals surface area contributed by atoms with E-state index in [1.54, 1.807) is 11.9 Å². The molecule has 1 N–H and O–H groups in total. The second-order valence-corrected chi connectivity index (χ2v) is 6.07. The molecule has 0 radical (unpaired) electrons. The molecule has 0 unspecified atom stereocenters. The Morgan fingerprint density at radius 3 is 2.20 bits per heavy atom. The van der Waals surface area contributed by atoms with Crippen molar-refractivity contribution >= 4 is 17.6 Å². The van der Waals surface area contributed by atoms with Crippen molar-refractivity contribution in [3.8, 4) is 0 Å². The van der Waals surface area contributed by atoms with Gasteiger partial charge in [0.05, 0.1) is 13.7 Å². The normalized spacial score (nSPS) is 11.9. The molecule has 25 heavy (non-hydrogen) atoms. The van der Waals surface area contributed by atoms with Crippen LogP contribution in [0.1, 0.15) is 22.7 Å². The van der Waals surface area contributed by atoms with Crippen molar-refractivity contribution in [2.24, 2.45) is 0 Å². The Kier molecular flexibility index (Phi) is 6.31. The quantitative estimate of drug-likeness (QED) is 0.821. The number of esters is 1. The molecule has 0 fully saturated rings. The summed E-state index contributed by atoms with van der Waals surface area (Å²) in [4.78, 5) is 26.4. The fraction of sp³-hybridized carbons (Fsp3) is 0.300. The summed E-state index contributed by atoms with van der Waals surface area (Å²) < 4.78 is 4.91. The van der Waals surface area contributed by atoms with Crippen molar-refractivity contribution in [2.75, 3.05) is 26.0 Å². The molecule has 0 saturated carbocycles. The van der Waals surface area contributed by atoms with E-state index in [9.17, 15) is 9.59 Å². The van der Waals surface area contributed by atoms with Crippen molar-refractivity contribution in [3.63, 3.8) is 0 Å². The van der Waals surface area contributed by atoms with Crippen LogP contribution in [0.15, 0.2) is 48.5 Å². The molecular formula is C20H24N2O3. The van der Waals surface area contributed by atoms with E-state index in [1.165, 1.54) is 7.11 Å². The molecular weight excluding hydrogens is 316 g/mol. The number of likely N-dealkylation sites (N-methyl/N-ethyl adjacent to an activating group) is 1. The Morgan fingerprint density at radius 2 is 1.64 bits per heavy atom. The molecule has 2 rings (SSSR count). The predicted octanol–water partition coefficient (Wildman–Crippen LogP) is 3.09. The van der Waals surface area contributed by atoms with Crippen LogP contribution in [0.5, 0.6) is 0 Å². The molecule has 132 valence electrons. The third kappa shape index (κ3) is 4.67. The predicted molar refractivity (Wildman–Crippen MR) is 98.4 cm³/mol. The van der Waals surface area contributed by atoms with Crippen molar-refractivity contribution < 1.29 is 14.3 Å². The van der Waals surface area contributed by atoms with Gasteiger partial charge in [0.25, 0.3) is 0 Å². The molecule has 0 aliphatic heterocycles. The molecule has 5 nitrogen and oxygen atoms in total. The third-order valence-corrected chi connectivity index (χ3v) is 4.12. The highest BCUT2D eigenvalue weighted by atomic mass is 16.5. The van der Waals surface area contributed by atoms with Crippen LogP contribution in [0, 0.1) is 13.8 Å². The van der Waals surface area contributed by atoms with Gasteiger partial charge in [-0.25, -0.2) is 4.79 Å². The number of rotatable bonds is 6. The first-order valence-electron chi connectivity index (χ1n) is 8.13. The van der Waals surface area contributed by atoms with Crippen molar-refractivity contribution in [1.82, 2.24) is 4.90 Å². The molecule has 0 aromatic heterocycles. The van der Waals surface area contributed by atoms with Gasteiger partial charge in [0.2, 0.25) is 5.91 Å². The molecule has 0 saturated heterocycles. The minimum Gasteiger partial charge on any atom is -0.468 e. The van der Waals surface area contributed by atoms with Crippen LogP contribution in [-0.4, -0.2) is 37.5 Å². The first-order valence-corrected chi connectivity index (χ1v) is 8.13. The summed E-state index contributed by atoms with van der Waals surface area (Å²) in [6.07, 6.45) is 0. The summed E-state index contributed by atoms with van der Waals surface area (Å²) in [5.41, 5.74) is 3.61. The SMILES string of the molecule is COC(=O)[C@H](c1ccccc1)N(C)CC(=O)Nc1c(C)cccc1C. The summed E-state index contributed by atoms with van der Waals surface area (Å²) in [7, 11) is 3.09. The van der Waals surface area contributed by atoms with Crippen LogP contribution in [0.3, 0.4) is 0 Å². The van der Waals surface area contributed by atoms with Crippen LogP contribution in [0.2, 0.25) is 0 Å². The minimum atomic E-state index is -0.630. The first kappa shape index (κ1) is 18.7. The number of benzene rings is 2. The molecule has 0 aliphatic carbocycles. The molecule has 0 aliphatic rings. The fourth-order valence-electron chi connectivity index (χ4n) is 2.83. The van der Waals surface area contributed by atoms with Gasteiger partial charge in [-0.15, -0.1) is 0 Å². The lowest BCUT2D eigenvalue weighted by molar-refractivity contribution is -0.147. The number of ether oxygens (including phenoxy) is 1. The van der Waals surface area contributed by atoms with E-state index in [2.05, 4.69) is 5.32 Å². The van der Waals surface area contributed by atoms with Gasteiger partial charge in [0, 0.05) is 5.69 Å². The Morgan fingerprint density at radius 1 is 1.04 bits per heavy atom. The molecule has 0 bridgehead atoms. The molecule has 0 spiro atoms. The minimum absolute atomic E-state index is 0.0719. The van der Waals surface area contributed by atoms with E-state index in [1.807, 2.05) is 62.4 Å². The number of carbonyl (C=O) groups excluding carboxylic acids is 2. The maximum atomic E-state index is 12.5. The van der Waals surface area contributed by atoms with Crippen LogP contribution in [0.4, 0.5) is 5.69 Å². The molecule has 5 heteroatoms. The number of para-hydroxylation sites is 1. The zero-order valence-electron chi connectivity index (χ0n) is 15.1. The highest BCUT2D eigenvalue weighted by molar-refractivity contribution is 5.94. The van der Waals surface area contributed by atoms with Crippen molar-refractivity contribution in [3.05, 3.63) is 65.2 Å². The molecule has 2 aromatic carbocycles. The number of nitrogens with one attached hydrogen (secondary N) is 1. The lowest BCUT2D eigenvalue weighted by Gasteiger charge is -2.26. The summed E-state index contributed by atoms with van der Waals surface area (Å²) in [5, 5.41) is 2.94. The van der Waals surface area contributed by atoms with Gasteiger partial charge in [-0.05, 0) is 37.6 Å². The Labute approximate surface area is 148 Å². The van der Waals surface area contributed by atoms with E-state index in [4.69, 9.17) is 4.74 Å². The van der Waals surface area contributed by atoms with Gasteiger partial charge >= 0.3 is 5.97 Å².